The standard InChI is InChI=1S/C25H19N3O4S/c1-17-6-10-19(11-7-17)32-24-22(25(29)28-14-4-3-5-23(28)27-24)15-21(16-26)33(30,31)20-12-8-18(2)9-13-20/h3-15H,1-2H3/b21-15+. The topological polar surface area (TPSA) is 102 Å². The Bertz CT molecular complexity index is 1580. The molecule has 0 aliphatic rings. The van der Waals surface area contributed by atoms with Gasteiger partial charge in [-0.3, -0.25) is 9.20 Å². The molecule has 0 aliphatic carbocycles. The summed E-state index contributed by atoms with van der Waals surface area (Å²) in [6.07, 6.45) is 2.53. The molecule has 0 amide bonds. The van der Waals surface area contributed by atoms with E-state index in [1.54, 1.807) is 48.5 Å². The lowest BCUT2D eigenvalue weighted by Crippen LogP contribution is -2.19. The van der Waals surface area contributed by atoms with Crippen molar-refractivity contribution in [1.82, 2.24) is 9.38 Å². The van der Waals surface area contributed by atoms with E-state index in [2.05, 4.69) is 4.98 Å². The Labute approximate surface area is 190 Å². The molecule has 2 aromatic heterocycles. The van der Waals surface area contributed by atoms with Gasteiger partial charge in [0.1, 0.15) is 27.9 Å². The molecule has 0 saturated carbocycles. The Morgan fingerprint density at radius 3 is 2.27 bits per heavy atom. The summed E-state index contributed by atoms with van der Waals surface area (Å²) in [6.45, 7) is 3.75. The van der Waals surface area contributed by atoms with Crippen LogP contribution >= 0.6 is 0 Å². The fraction of sp³-hybridized carbons (Fsp3) is 0.0800. The van der Waals surface area contributed by atoms with Gasteiger partial charge in [-0.1, -0.05) is 41.5 Å². The fourth-order valence-electron chi connectivity index (χ4n) is 3.15. The Hall–Kier alpha value is -4.22. The number of benzene rings is 2. The molecule has 2 heterocycles. The number of aromatic nitrogens is 2. The summed E-state index contributed by atoms with van der Waals surface area (Å²) >= 11 is 0. The van der Waals surface area contributed by atoms with Crippen LogP contribution in [0.4, 0.5) is 0 Å². The molecule has 0 N–H and O–H groups in total. The summed E-state index contributed by atoms with van der Waals surface area (Å²) in [6, 6.07) is 19.9. The molecular weight excluding hydrogens is 438 g/mol. The molecule has 4 aromatic rings. The Kier molecular flexibility index (Phi) is 5.82. The van der Waals surface area contributed by atoms with Crippen LogP contribution in [0.15, 0.2) is 87.5 Å². The average molecular weight is 458 g/mol. The van der Waals surface area contributed by atoms with E-state index >= 15 is 0 Å². The molecule has 0 fully saturated rings. The number of allylic oxidation sites excluding steroid dienone is 1. The number of hydrogen-bond acceptors (Lipinski definition) is 6. The lowest BCUT2D eigenvalue weighted by Gasteiger charge is -2.11. The highest BCUT2D eigenvalue weighted by molar-refractivity contribution is 7.95. The van der Waals surface area contributed by atoms with Crippen molar-refractivity contribution in [2.45, 2.75) is 18.7 Å². The highest BCUT2D eigenvalue weighted by Gasteiger charge is 2.23. The van der Waals surface area contributed by atoms with Crippen molar-refractivity contribution in [1.29, 1.82) is 5.26 Å². The van der Waals surface area contributed by atoms with Gasteiger partial charge >= 0.3 is 0 Å². The predicted molar refractivity (Wildman–Crippen MR) is 125 cm³/mol. The van der Waals surface area contributed by atoms with Crippen LogP contribution in [0.5, 0.6) is 11.6 Å². The summed E-state index contributed by atoms with van der Waals surface area (Å²) in [7, 11) is -4.16. The van der Waals surface area contributed by atoms with E-state index < -0.39 is 20.3 Å². The zero-order chi connectivity index (χ0) is 23.6. The van der Waals surface area contributed by atoms with Gasteiger partial charge < -0.3 is 4.74 Å². The maximum absolute atomic E-state index is 13.2. The molecule has 0 saturated heterocycles. The van der Waals surface area contributed by atoms with Crippen LogP contribution in [0.1, 0.15) is 16.7 Å². The van der Waals surface area contributed by atoms with Crippen molar-refractivity contribution in [3.8, 4) is 17.7 Å². The molecular formula is C25H19N3O4S. The van der Waals surface area contributed by atoms with Crippen molar-refractivity contribution in [2.24, 2.45) is 0 Å². The van der Waals surface area contributed by atoms with Crippen molar-refractivity contribution in [3.05, 3.63) is 105 Å². The lowest BCUT2D eigenvalue weighted by molar-refractivity contribution is 0.461. The van der Waals surface area contributed by atoms with Gasteiger partial charge in [-0.15, -0.1) is 0 Å². The van der Waals surface area contributed by atoms with Gasteiger partial charge in [0.15, 0.2) is 0 Å². The number of hydrogen-bond donors (Lipinski definition) is 0. The highest BCUT2D eigenvalue weighted by atomic mass is 32.2. The fourth-order valence-corrected chi connectivity index (χ4v) is 4.29. The van der Waals surface area contributed by atoms with E-state index in [1.165, 1.54) is 22.7 Å². The van der Waals surface area contributed by atoms with Gasteiger partial charge in [-0.25, -0.2) is 8.42 Å². The molecule has 33 heavy (non-hydrogen) atoms. The third-order valence-corrected chi connectivity index (χ3v) is 6.66. The highest BCUT2D eigenvalue weighted by Crippen LogP contribution is 2.27. The first kappa shape index (κ1) is 22.0. The zero-order valence-corrected chi connectivity index (χ0v) is 18.7. The van der Waals surface area contributed by atoms with Crippen molar-refractivity contribution in [2.75, 3.05) is 0 Å². The molecule has 7 nitrogen and oxygen atoms in total. The molecule has 164 valence electrons. The number of pyridine rings is 1. The second-order valence-corrected chi connectivity index (χ2v) is 9.33. The Morgan fingerprint density at radius 1 is 1.00 bits per heavy atom. The van der Waals surface area contributed by atoms with Crippen LogP contribution in [0.25, 0.3) is 11.7 Å². The first-order valence-electron chi connectivity index (χ1n) is 9.99. The number of nitrogens with zero attached hydrogens (tertiary/aromatic N) is 3. The molecule has 0 bridgehead atoms. The summed E-state index contributed by atoms with van der Waals surface area (Å²) in [5.41, 5.74) is 1.51. The first-order valence-corrected chi connectivity index (χ1v) is 11.5. The van der Waals surface area contributed by atoms with Gasteiger partial charge in [-0.2, -0.15) is 10.2 Å². The van der Waals surface area contributed by atoms with Crippen LogP contribution in [-0.4, -0.2) is 17.8 Å². The van der Waals surface area contributed by atoms with E-state index in [4.69, 9.17) is 4.74 Å². The minimum absolute atomic E-state index is 0.0456. The number of rotatable bonds is 5. The van der Waals surface area contributed by atoms with E-state index in [9.17, 15) is 18.5 Å². The van der Waals surface area contributed by atoms with Gasteiger partial charge in [-0.05, 0) is 56.3 Å². The molecule has 0 aliphatic heterocycles. The van der Waals surface area contributed by atoms with Crippen LogP contribution in [0, 0.1) is 25.2 Å². The second-order valence-electron chi connectivity index (χ2n) is 7.42. The molecule has 8 heteroatoms. The molecule has 2 aromatic carbocycles. The number of aryl methyl sites for hydroxylation is 2. The van der Waals surface area contributed by atoms with Gasteiger partial charge in [0.2, 0.25) is 15.7 Å². The third kappa shape index (κ3) is 4.40. The van der Waals surface area contributed by atoms with Crippen LogP contribution < -0.4 is 10.3 Å². The predicted octanol–water partition coefficient (Wildman–Crippen LogP) is 4.44. The maximum atomic E-state index is 13.2. The largest absolute Gasteiger partial charge is 0.438 e. The second kappa shape index (κ2) is 8.73. The van der Waals surface area contributed by atoms with Crippen molar-refractivity contribution < 1.29 is 13.2 Å². The molecule has 0 atom stereocenters. The van der Waals surface area contributed by atoms with E-state index in [0.717, 1.165) is 17.2 Å². The number of nitriles is 1. The molecule has 0 spiro atoms. The SMILES string of the molecule is Cc1ccc(Oc2nc3ccccn3c(=O)c2/C=C(\C#N)S(=O)(=O)c2ccc(C)cc2)cc1. The molecule has 4 rings (SSSR count). The van der Waals surface area contributed by atoms with Crippen molar-refractivity contribution >= 4 is 21.6 Å². The first-order chi connectivity index (χ1) is 15.8. The Balaban J connectivity index is 1.92. The molecule has 0 radical (unpaired) electrons. The normalized spacial score (nSPS) is 11.8. The van der Waals surface area contributed by atoms with Crippen LogP contribution in [0.2, 0.25) is 0 Å². The minimum atomic E-state index is -4.16. The smallest absolute Gasteiger partial charge is 0.269 e. The lowest BCUT2D eigenvalue weighted by atomic mass is 10.2. The van der Waals surface area contributed by atoms with Crippen LogP contribution in [0.3, 0.4) is 0 Å². The summed E-state index contributed by atoms with van der Waals surface area (Å²) in [5, 5.41) is 9.69. The van der Waals surface area contributed by atoms with Crippen LogP contribution in [-0.2, 0) is 9.84 Å². The maximum Gasteiger partial charge on any atom is 0.269 e. The Morgan fingerprint density at radius 2 is 1.64 bits per heavy atom. The van der Waals surface area contributed by atoms with E-state index in [-0.39, 0.29) is 16.3 Å². The third-order valence-electron chi connectivity index (χ3n) is 4.98. The number of sulfone groups is 1. The van der Waals surface area contributed by atoms with E-state index in [0.29, 0.717) is 11.4 Å². The molecule has 0 unspecified atom stereocenters. The van der Waals surface area contributed by atoms with E-state index in [1.807, 2.05) is 26.0 Å². The summed E-state index contributed by atoms with van der Waals surface area (Å²) in [4.78, 5) is 17.0. The van der Waals surface area contributed by atoms with Crippen molar-refractivity contribution in [3.63, 3.8) is 0 Å². The average Bonchev–Trinajstić information content (AvgIpc) is 2.80. The summed E-state index contributed by atoms with van der Waals surface area (Å²) in [5.74, 6) is 0.323. The quantitative estimate of drug-likeness (QED) is 0.411. The van der Waals surface area contributed by atoms with Gasteiger partial charge in [0.05, 0.1) is 4.90 Å². The monoisotopic (exact) mass is 457 g/mol. The summed E-state index contributed by atoms with van der Waals surface area (Å²) < 4.78 is 33.3. The zero-order valence-electron chi connectivity index (χ0n) is 17.9. The van der Waals surface area contributed by atoms with Gasteiger partial charge in [0.25, 0.3) is 5.56 Å². The number of fused-ring (bicyclic) bond motifs is 1. The minimum Gasteiger partial charge on any atom is -0.438 e. The number of ether oxygens (including phenoxy) is 1. The van der Waals surface area contributed by atoms with Gasteiger partial charge in [0, 0.05) is 6.20 Å².